The van der Waals surface area contributed by atoms with Gasteiger partial charge in [0.25, 0.3) is 0 Å². The van der Waals surface area contributed by atoms with Gasteiger partial charge >= 0.3 is 0 Å². The first-order valence-electron chi connectivity index (χ1n) is 5.64. The summed E-state index contributed by atoms with van der Waals surface area (Å²) in [4.78, 5) is 11.4. The Morgan fingerprint density at radius 1 is 1.41 bits per heavy atom. The predicted molar refractivity (Wildman–Crippen MR) is 74.1 cm³/mol. The molecule has 4 heteroatoms. The van der Waals surface area contributed by atoms with Crippen molar-refractivity contribution in [3.05, 3.63) is 23.3 Å². The fraction of sp³-hybridized carbons (Fsp3) is 0.462. The number of carbonyl (C=O) groups excluding carboxylic acids is 1. The Morgan fingerprint density at radius 2 is 1.94 bits per heavy atom. The molecule has 94 valence electrons. The number of carbonyl (C=O) groups is 1. The van der Waals surface area contributed by atoms with Gasteiger partial charge in [0.15, 0.2) is 0 Å². The maximum absolute atomic E-state index is 11.6. The summed E-state index contributed by atoms with van der Waals surface area (Å²) in [5.41, 5.74) is 2.88. The molecule has 1 rings (SSSR count). The molecule has 0 aliphatic carbocycles. The first-order valence-corrected chi connectivity index (χ1v) is 6.56. The highest BCUT2D eigenvalue weighted by atomic mass is 79.9. The van der Waals surface area contributed by atoms with Crippen LogP contribution in [0.3, 0.4) is 0 Å². The van der Waals surface area contributed by atoms with Gasteiger partial charge in [0.2, 0.25) is 5.91 Å². The SMILES string of the molecule is CCOc1cc(C)c(NC(=O)[C@H](C)Br)c(C)c1. The molecule has 1 aromatic carbocycles. The third-order valence-electron chi connectivity index (χ3n) is 2.43. The van der Waals surface area contributed by atoms with Crippen LogP contribution in [0.1, 0.15) is 25.0 Å². The van der Waals surface area contributed by atoms with Crippen LogP contribution in [0.2, 0.25) is 0 Å². The van der Waals surface area contributed by atoms with Gasteiger partial charge in [0, 0.05) is 5.69 Å². The largest absolute Gasteiger partial charge is 0.494 e. The Kier molecular flexibility index (Phi) is 5.00. The topological polar surface area (TPSA) is 38.3 Å². The van der Waals surface area contributed by atoms with Gasteiger partial charge in [0.1, 0.15) is 5.75 Å². The number of aryl methyl sites for hydroxylation is 2. The van der Waals surface area contributed by atoms with Crippen LogP contribution in [0.4, 0.5) is 5.69 Å². The van der Waals surface area contributed by atoms with Gasteiger partial charge in [-0.15, -0.1) is 0 Å². The van der Waals surface area contributed by atoms with Gasteiger partial charge in [-0.3, -0.25) is 4.79 Å². The van der Waals surface area contributed by atoms with Crippen molar-refractivity contribution >= 4 is 27.5 Å². The van der Waals surface area contributed by atoms with Crippen LogP contribution in [0.15, 0.2) is 12.1 Å². The average Bonchev–Trinajstić information content (AvgIpc) is 2.23. The van der Waals surface area contributed by atoms with E-state index in [4.69, 9.17) is 4.74 Å². The van der Waals surface area contributed by atoms with Crippen molar-refractivity contribution in [1.29, 1.82) is 0 Å². The molecule has 17 heavy (non-hydrogen) atoms. The van der Waals surface area contributed by atoms with Crippen LogP contribution in [0.25, 0.3) is 0 Å². The van der Waals surface area contributed by atoms with Gasteiger partial charge in [-0.1, -0.05) is 15.9 Å². The van der Waals surface area contributed by atoms with Crippen molar-refractivity contribution in [2.75, 3.05) is 11.9 Å². The fourth-order valence-electron chi connectivity index (χ4n) is 1.59. The van der Waals surface area contributed by atoms with E-state index in [0.29, 0.717) is 6.61 Å². The van der Waals surface area contributed by atoms with Crippen LogP contribution in [0, 0.1) is 13.8 Å². The lowest BCUT2D eigenvalue weighted by Crippen LogP contribution is -2.21. The van der Waals surface area contributed by atoms with Gasteiger partial charge in [-0.2, -0.15) is 0 Å². The van der Waals surface area contributed by atoms with Gasteiger partial charge in [-0.05, 0) is 51.0 Å². The fourth-order valence-corrected chi connectivity index (χ4v) is 1.71. The normalized spacial score (nSPS) is 12.1. The average molecular weight is 300 g/mol. The monoisotopic (exact) mass is 299 g/mol. The van der Waals surface area contributed by atoms with Crippen LogP contribution in [0.5, 0.6) is 5.75 Å². The number of ether oxygens (including phenoxy) is 1. The van der Waals surface area contributed by atoms with E-state index in [1.807, 2.05) is 32.9 Å². The zero-order chi connectivity index (χ0) is 13.0. The van der Waals surface area contributed by atoms with Crippen LogP contribution in [-0.2, 0) is 4.79 Å². The van der Waals surface area contributed by atoms with E-state index in [0.717, 1.165) is 22.6 Å². The van der Waals surface area contributed by atoms with Crippen molar-refractivity contribution in [2.45, 2.75) is 32.5 Å². The summed E-state index contributed by atoms with van der Waals surface area (Å²) in [5.74, 6) is 0.799. The van der Waals surface area contributed by atoms with Gasteiger partial charge < -0.3 is 10.1 Å². The van der Waals surface area contributed by atoms with E-state index >= 15 is 0 Å². The molecule has 0 saturated carbocycles. The third-order valence-corrected chi connectivity index (χ3v) is 2.84. The quantitative estimate of drug-likeness (QED) is 0.865. The van der Waals surface area contributed by atoms with Crippen molar-refractivity contribution in [3.8, 4) is 5.75 Å². The Labute approximate surface area is 111 Å². The lowest BCUT2D eigenvalue weighted by Gasteiger charge is -2.14. The van der Waals surface area contributed by atoms with Crippen molar-refractivity contribution in [2.24, 2.45) is 0 Å². The van der Waals surface area contributed by atoms with Crippen LogP contribution < -0.4 is 10.1 Å². The highest BCUT2D eigenvalue weighted by Gasteiger charge is 2.12. The highest BCUT2D eigenvalue weighted by molar-refractivity contribution is 9.10. The molecular formula is C13H18BrNO2. The zero-order valence-electron chi connectivity index (χ0n) is 10.6. The number of hydrogen-bond donors (Lipinski definition) is 1. The number of halogens is 1. The summed E-state index contributed by atoms with van der Waals surface area (Å²) < 4.78 is 5.45. The zero-order valence-corrected chi connectivity index (χ0v) is 12.2. The first kappa shape index (κ1) is 14.0. The number of benzene rings is 1. The summed E-state index contributed by atoms with van der Waals surface area (Å²) >= 11 is 3.25. The predicted octanol–water partition coefficient (Wildman–Crippen LogP) is 3.42. The highest BCUT2D eigenvalue weighted by Crippen LogP contribution is 2.26. The van der Waals surface area contributed by atoms with Gasteiger partial charge in [-0.25, -0.2) is 0 Å². The molecule has 0 aromatic heterocycles. The molecule has 1 N–H and O–H groups in total. The van der Waals surface area contributed by atoms with Crippen molar-refractivity contribution in [1.82, 2.24) is 0 Å². The van der Waals surface area contributed by atoms with Crippen LogP contribution in [-0.4, -0.2) is 17.3 Å². The molecule has 1 atom stereocenters. The van der Waals surface area contributed by atoms with E-state index in [-0.39, 0.29) is 10.7 Å². The number of nitrogens with one attached hydrogen (secondary N) is 1. The molecule has 0 fully saturated rings. The summed E-state index contributed by atoms with van der Waals surface area (Å²) in [6, 6.07) is 3.87. The molecule has 0 unspecified atom stereocenters. The molecule has 0 aliphatic rings. The molecule has 0 spiro atoms. The third kappa shape index (κ3) is 3.73. The molecule has 0 aliphatic heterocycles. The molecule has 1 aromatic rings. The molecule has 0 bridgehead atoms. The van der Waals surface area contributed by atoms with E-state index in [9.17, 15) is 4.79 Å². The van der Waals surface area contributed by atoms with Crippen LogP contribution >= 0.6 is 15.9 Å². The van der Waals surface area contributed by atoms with Gasteiger partial charge in [0.05, 0.1) is 11.4 Å². The van der Waals surface area contributed by atoms with E-state index in [1.54, 1.807) is 6.92 Å². The molecule has 0 saturated heterocycles. The maximum atomic E-state index is 11.6. The van der Waals surface area contributed by atoms with E-state index in [2.05, 4.69) is 21.2 Å². The van der Waals surface area contributed by atoms with E-state index in [1.165, 1.54) is 0 Å². The Morgan fingerprint density at radius 3 is 2.35 bits per heavy atom. The molecule has 3 nitrogen and oxygen atoms in total. The number of rotatable bonds is 4. The summed E-state index contributed by atoms with van der Waals surface area (Å²) in [7, 11) is 0. The Hall–Kier alpha value is -1.03. The molecule has 0 radical (unpaired) electrons. The smallest absolute Gasteiger partial charge is 0.237 e. The summed E-state index contributed by atoms with van der Waals surface area (Å²) in [5, 5.41) is 2.91. The second kappa shape index (κ2) is 6.05. The second-order valence-corrected chi connectivity index (χ2v) is 5.34. The summed E-state index contributed by atoms with van der Waals surface area (Å²) in [6.45, 7) is 8.32. The molecular weight excluding hydrogens is 282 g/mol. The number of alkyl halides is 1. The summed E-state index contributed by atoms with van der Waals surface area (Å²) in [6.07, 6.45) is 0. The standard InChI is InChI=1S/C13H18BrNO2/c1-5-17-11-6-8(2)12(9(3)7-11)15-13(16)10(4)14/h6-7,10H,5H2,1-4H3,(H,15,16)/t10-/m0/s1. The first-order chi connectivity index (χ1) is 7.95. The Balaban J connectivity index is 2.97. The minimum atomic E-state index is -0.201. The lowest BCUT2D eigenvalue weighted by atomic mass is 10.1. The molecule has 1 amide bonds. The minimum absolute atomic E-state index is 0.0413. The van der Waals surface area contributed by atoms with E-state index < -0.39 is 0 Å². The number of anilines is 1. The second-order valence-electron chi connectivity index (χ2n) is 3.97. The Bertz CT molecular complexity index is 393. The van der Waals surface area contributed by atoms with Crippen molar-refractivity contribution in [3.63, 3.8) is 0 Å². The lowest BCUT2D eigenvalue weighted by molar-refractivity contribution is -0.115. The molecule has 0 heterocycles. The maximum Gasteiger partial charge on any atom is 0.237 e. The van der Waals surface area contributed by atoms with Crippen molar-refractivity contribution < 1.29 is 9.53 Å². The number of amides is 1. The minimum Gasteiger partial charge on any atom is -0.494 e. The number of hydrogen-bond acceptors (Lipinski definition) is 2.